The first-order valence-corrected chi connectivity index (χ1v) is 9.63. The fourth-order valence-electron chi connectivity index (χ4n) is 2.75. The quantitative estimate of drug-likeness (QED) is 0.633. The molecule has 2 aromatic carbocycles. The summed E-state index contributed by atoms with van der Waals surface area (Å²) in [5.41, 5.74) is 3.10. The molecule has 0 spiro atoms. The molecular weight excluding hydrogens is 376 g/mol. The van der Waals surface area contributed by atoms with Crippen LogP contribution in [0.15, 0.2) is 42.5 Å². The third-order valence-electron chi connectivity index (χ3n) is 4.01. The Hall–Kier alpha value is -2.50. The van der Waals surface area contributed by atoms with E-state index in [1.54, 1.807) is 25.3 Å². The number of halogens is 1. The van der Waals surface area contributed by atoms with E-state index in [1.165, 1.54) is 16.5 Å². The van der Waals surface area contributed by atoms with Crippen molar-refractivity contribution in [3.63, 3.8) is 0 Å². The normalized spacial score (nSPS) is 11.1. The number of carbonyl (C=O) groups is 1. The molecule has 2 rings (SSSR count). The Balaban J connectivity index is 1.96. The molecular formula is C22H28ClN2O3+. The van der Waals surface area contributed by atoms with E-state index in [-0.39, 0.29) is 5.91 Å². The predicted molar refractivity (Wildman–Crippen MR) is 113 cm³/mol. The third-order valence-corrected chi connectivity index (χ3v) is 4.29. The van der Waals surface area contributed by atoms with Crippen molar-refractivity contribution in [3.8, 4) is 11.5 Å². The highest BCUT2D eigenvalue weighted by Gasteiger charge is 2.10. The Bertz CT molecular complexity index is 817. The lowest BCUT2D eigenvalue weighted by Crippen LogP contribution is -3.04. The van der Waals surface area contributed by atoms with Gasteiger partial charge in [0.2, 0.25) is 5.91 Å². The average molecular weight is 404 g/mol. The number of carbonyl (C=O) groups excluding carboxylic acids is 1. The number of methoxy groups -OCH3 is 1. The molecule has 28 heavy (non-hydrogen) atoms. The van der Waals surface area contributed by atoms with Crippen LogP contribution in [0.5, 0.6) is 11.5 Å². The van der Waals surface area contributed by atoms with Gasteiger partial charge < -0.3 is 19.7 Å². The van der Waals surface area contributed by atoms with E-state index in [4.69, 9.17) is 21.1 Å². The third kappa shape index (κ3) is 6.59. The van der Waals surface area contributed by atoms with E-state index in [1.807, 2.05) is 19.1 Å². The molecule has 0 aliphatic rings. The summed E-state index contributed by atoms with van der Waals surface area (Å²) < 4.78 is 10.8. The van der Waals surface area contributed by atoms with Crippen molar-refractivity contribution in [2.75, 3.05) is 27.8 Å². The van der Waals surface area contributed by atoms with Crippen LogP contribution in [0.3, 0.4) is 0 Å². The Morgan fingerprint density at radius 1 is 1.18 bits per heavy atom. The fraction of sp³-hybridized carbons (Fsp3) is 0.318. The van der Waals surface area contributed by atoms with Crippen LogP contribution in [-0.2, 0) is 17.9 Å². The molecule has 2 N–H and O–H groups in total. The molecule has 150 valence electrons. The first-order valence-electron chi connectivity index (χ1n) is 9.26. The second kappa shape index (κ2) is 10.7. The summed E-state index contributed by atoms with van der Waals surface area (Å²) in [7, 11) is 5.78. The molecule has 0 saturated heterocycles. The van der Waals surface area contributed by atoms with Gasteiger partial charge >= 0.3 is 0 Å². The molecule has 0 bridgehead atoms. The van der Waals surface area contributed by atoms with Gasteiger partial charge in [-0.3, -0.25) is 4.79 Å². The summed E-state index contributed by atoms with van der Waals surface area (Å²) >= 11 is 6.23. The number of rotatable bonds is 9. The Morgan fingerprint density at radius 2 is 1.86 bits per heavy atom. The monoisotopic (exact) mass is 403 g/mol. The molecule has 0 aliphatic heterocycles. The van der Waals surface area contributed by atoms with Crippen molar-refractivity contribution < 1.29 is 19.2 Å². The van der Waals surface area contributed by atoms with Crippen molar-refractivity contribution in [1.29, 1.82) is 0 Å². The molecule has 2 aromatic rings. The molecule has 0 atom stereocenters. The highest BCUT2D eigenvalue weighted by Crippen LogP contribution is 2.36. The topological polar surface area (TPSA) is 52.0 Å². The first kappa shape index (κ1) is 21.8. The number of nitrogens with one attached hydrogen (secondary N) is 2. The number of quaternary nitrogens is 1. The van der Waals surface area contributed by atoms with Gasteiger partial charge in [0.1, 0.15) is 6.54 Å². The van der Waals surface area contributed by atoms with Gasteiger partial charge in [-0.25, -0.2) is 0 Å². The molecule has 0 radical (unpaired) electrons. The van der Waals surface area contributed by atoms with Gasteiger partial charge in [-0.05, 0) is 36.3 Å². The molecule has 0 fully saturated rings. The van der Waals surface area contributed by atoms with Crippen LogP contribution >= 0.6 is 11.6 Å². The maximum absolute atomic E-state index is 12.1. The Kier molecular flexibility index (Phi) is 8.36. The molecule has 0 unspecified atom stereocenters. The largest absolute Gasteiger partial charge is 0.491 e. The van der Waals surface area contributed by atoms with Crippen LogP contribution in [0.4, 0.5) is 0 Å². The van der Waals surface area contributed by atoms with E-state index in [2.05, 4.69) is 31.5 Å². The van der Waals surface area contributed by atoms with E-state index < -0.39 is 0 Å². The number of hydrogen-bond donors (Lipinski definition) is 2. The van der Waals surface area contributed by atoms with Crippen LogP contribution in [0.25, 0.3) is 6.08 Å². The standard InChI is InChI=1S/C22H27ClN2O3/c1-5-28-20-13-18(12-19(23)22(20)27-4)10-11-21(26)24-14-16-6-8-17(9-7-16)15-25(2)3/h6-13H,5,14-15H2,1-4H3,(H,24,26)/p+1/b11-10+. The average Bonchev–Trinajstić information content (AvgIpc) is 2.65. The van der Waals surface area contributed by atoms with Crippen molar-refractivity contribution in [2.24, 2.45) is 0 Å². The number of amides is 1. The summed E-state index contributed by atoms with van der Waals surface area (Å²) in [5.74, 6) is 0.869. The minimum atomic E-state index is -0.174. The van der Waals surface area contributed by atoms with Crippen LogP contribution < -0.4 is 19.7 Å². The lowest BCUT2D eigenvalue weighted by atomic mass is 10.1. The SMILES string of the molecule is CCOc1cc(/C=C/C(=O)NCc2ccc(C[NH+](C)C)cc2)cc(Cl)c1OC. The van der Waals surface area contributed by atoms with Crippen molar-refractivity contribution in [3.05, 3.63) is 64.2 Å². The summed E-state index contributed by atoms with van der Waals surface area (Å²) in [6, 6.07) is 11.8. The lowest BCUT2D eigenvalue weighted by Gasteiger charge is -2.11. The Labute approximate surface area is 171 Å². The van der Waals surface area contributed by atoms with Gasteiger partial charge in [-0.2, -0.15) is 0 Å². The van der Waals surface area contributed by atoms with Gasteiger partial charge in [-0.1, -0.05) is 35.9 Å². The predicted octanol–water partition coefficient (Wildman–Crippen LogP) is 2.72. The fourth-order valence-corrected chi connectivity index (χ4v) is 3.04. The molecule has 1 amide bonds. The second-order valence-corrected chi connectivity index (χ2v) is 7.13. The second-order valence-electron chi connectivity index (χ2n) is 6.72. The summed E-state index contributed by atoms with van der Waals surface area (Å²) in [5, 5.41) is 3.32. The van der Waals surface area contributed by atoms with Crippen LogP contribution in [-0.4, -0.2) is 33.7 Å². The molecule has 0 heterocycles. The van der Waals surface area contributed by atoms with Gasteiger partial charge in [0.05, 0.1) is 32.8 Å². The van der Waals surface area contributed by atoms with E-state index in [0.717, 1.165) is 17.7 Å². The summed E-state index contributed by atoms with van der Waals surface area (Å²) in [4.78, 5) is 13.5. The number of hydrogen-bond acceptors (Lipinski definition) is 3. The van der Waals surface area contributed by atoms with Crippen LogP contribution in [0.2, 0.25) is 5.02 Å². The minimum Gasteiger partial charge on any atom is -0.491 e. The summed E-state index contributed by atoms with van der Waals surface area (Å²) in [6.45, 7) is 3.84. The first-order chi connectivity index (χ1) is 13.4. The van der Waals surface area contributed by atoms with Gasteiger partial charge in [0.15, 0.2) is 11.5 Å². The van der Waals surface area contributed by atoms with Crippen LogP contribution in [0.1, 0.15) is 23.6 Å². The maximum Gasteiger partial charge on any atom is 0.244 e. The van der Waals surface area contributed by atoms with Crippen LogP contribution in [0, 0.1) is 0 Å². The van der Waals surface area contributed by atoms with E-state index >= 15 is 0 Å². The molecule has 5 nitrogen and oxygen atoms in total. The minimum absolute atomic E-state index is 0.174. The van der Waals surface area contributed by atoms with Crippen molar-refractivity contribution in [1.82, 2.24) is 5.32 Å². The highest BCUT2D eigenvalue weighted by atomic mass is 35.5. The zero-order valence-electron chi connectivity index (χ0n) is 16.8. The lowest BCUT2D eigenvalue weighted by molar-refractivity contribution is -0.872. The van der Waals surface area contributed by atoms with Gasteiger partial charge in [-0.15, -0.1) is 0 Å². The molecule has 0 aliphatic carbocycles. The van der Waals surface area contributed by atoms with Crippen molar-refractivity contribution in [2.45, 2.75) is 20.0 Å². The van der Waals surface area contributed by atoms with Crippen molar-refractivity contribution >= 4 is 23.6 Å². The molecule has 0 saturated carbocycles. The zero-order valence-corrected chi connectivity index (χ0v) is 17.6. The Morgan fingerprint density at radius 3 is 2.46 bits per heavy atom. The number of benzene rings is 2. The van der Waals surface area contributed by atoms with E-state index in [9.17, 15) is 4.79 Å². The summed E-state index contributed by atoms with van der Waals surface area (Å²) in [6.07, 6.45) is 3.18. The van der Waals surface area contributed by atoms with Gasteiger partial charge in [0, 0.05) is 18.2 Å². The molecule has 6 heteroatoms. The highest BCUT2D eigenvalue weighted by molar-refractivity contribution is 6.32. The van der Waals surface area contributed by atoms with E-state index in [0.29, 0.717) is 29.7 Å². The maximum atomic E-state index is 12.1. The zero-order chi connectivity index (χ0) is 20.5. The smallest absolute Gasteiger partial charge is 0.244 e. The van der Waals surface area contributed by atoms with Gasteiger partial charge in [0.25, 0.3) is 0 Å². The number of ether oxygens (including phenoxy) is 2. The molecule has 0 aromatic heterocycles.